The number of hydrogen-bond donors (Lipinski definition) is 1. The van der Waals surface area contributed by atoms with Crippen LogP contribution in [0.15, 0.2) is 0 Å². The van der Waals surface area contributed by atoms with Crippen molar-refractivity contribution in [1.29, 1.82) is 0 Å². The summed E-state index contributed by atoms with van der Waals surface area (Å²) in [6.45, 7) is 0.934. The van der Waals surface area contributed by atoms with Crippen LogP contribution in [-0.2, 0) is 4.79 Å². The highest BCUT2D eigenvalue weighted by Crippen LogP contribution is 2.65. The van der Waals surface area contributed by atoms with Gasteiger partial charge < -0.3 is 4.90 Å². The fourth-order valence-electron chi connectivity index (χ4n) is 2.21. The third kappa shape index (κ3) is 1.42. The Balaban J connectivity index is 1.91. The number of likely N-dealkylation sites (tertiary alicyclic amines) is 1. The van der Waals surface area contributed by atoms with E-state index >= 15 is 0 Å². The lowest BCUT2D eigenvalue weighted by Gasteiger charge is -2.31. The summed E-state index contributed by atoms with van der Waals surface area (Å²) < 4.78 is 25.9. The van der Waals surface area contributed by atoms with E-state index in [9.17, 15) is 13.6 Å². The van der Waals surface area contributed by atoms with Gasteiger partial charge in [0.15, 0.2) is 0 Å². The highest BCUT2D eigenvalue weighted by molar-refractivity contribution is 7.81. The zero-order valence-corrected chi connectivity index (χ0v) is 8.70. The first kappa shape index (κ1) is 10.2. The molecule has 2 aliphatic rings. The first-order valence-electron chi connectivity index (χ1n) is 4.77. The van der Waals surface area contributed by atoms with E-state index in [1.165, 1.54) is 0 Å². The molecule has 1 amide bonds. The van der Waals surface area contributed by atoms with Crippen LogP contribution < -0.4 is 0 Å². The van der Waals surface area contributed by atoms with Crippen molar-refractivity contribution >= 4 is 18.5 Å². The van der Waals surface area contributed by atoms with Crippen LogP contribution in [0, 0.1) is 5.41 Å². The lowest BCUT2D eigenvalue weighted by molar-refractivity contribution is -0.130. The van der Waals surface area contributed by atoms with Gasteiger partial charge in [-0.15, -0.1) is 0 Å². The van der Waals surface area contributed by atoms with Crippen LogP contribution >= 0.6 is 12.6 Å². The Labute approximate surface area is 87.1 Å². The number of carbonyl (C=O) groups is 1. The van der Waals surface area contributed by atoms with Crippen LogP contribution in [0.4, 0.5) is 8.78 Å². The molecule has 2 rings (SSSR count). The Morgan fingerprint density at radius 1 is 1.36 bits per heavy atom. The fraction of sp³-hybridized carbons (Fsp3) is 0.889. The monoisotopic (exact) mass is 221 g/mol. The van der Waals surface area contributed by atoms with Crippen molar-refractivity contribution in [3.8, 4) is 0 Å². The average Bonchev–Trinajstić information content (AvgIpc) is 2.68. The summed E-state index contributed by atoms with van der Waals surface area (Å²) in [5, 5.41) is 0. The Morgan fingerprint density at radius 2 is 1.86 bits per heavy atom. The quantitative estimate of drug-likeness (QED) is 0.666. The van der Waals surface area contributed by atoms with Gasteiger partial charge in [0.05, 0.1) is 5.75 Å². The van der Waals surface area contributed by atoms with Gasteiger partial charge in [0.2, 0.25) is 5.91 Å². The molecule has 1 spiro atoms. The van der Waals surface area contributed by atoms with Crippen LogP contribution in [0.2, 0.25) is 0 Å². The summed E-state index contributed by atoms with van der Waals surface area (Å²) in [6.07, 6.45) is 0.905. The van der Waals surface area contributed by atoms with Gasteiger partial charge in [-0.3, -0.25) is 4.79 Å². The Kier molecular flexibility index (Phi) is 2.25. The topological polar surface area (TPSA) is 20.3 Å². The zero-order chi connectivity index (χ0) is 10.4. The summed E-state index contributed by atoms with van der Waals surface area (Å²) in [7, 11) is 0. The molecule has 80 valence electrons. The summed E-state index contributed by atoms with van der Waals surface area (Å²) >= 11 is 3.88. The third-order valence-corrected chi connectivity index (χ3v) is 3.69. The molecule has 5 heteroatoms. The molecule has 0 atom stereocenters. The smallest absolute Gasteiger partial charge is 0.254 e. The van der Waals surface area contributed by atoms with Gasteiger partial charge in [0.25, 0.3) is 5.92 Å². The minimum atomic E-state index is -2.47. The van der Waals surface area contributed by atoms with Gasteiger partial charge in [-0.25, -0.2) is 8.78 Å². The predicted molar refractivity (Wildman–Crippen MR) is 51.7 cm³/mol. The number of thiol groups is 1. The molecule has 1 saturated carbocycles. The molecular formula is C9H13F2NOS. The normalized spacial score (nSPS) is 27.8. The second-order valence-corrected chi connectivity index (χ2v) is 4.52. The highest BCUT2D eigenvalue weighted by Gasteiger charge is 2.70. The number of halogens is 2. The van der Waals surface area contributed by atoms with Crippen molar-refractivity contribution in [3.05, 3.63) is 0 Å². The van der Waals surface area contributed by atoms with E-state index in [0.29, 0.717) is 25.9 Å². The molecule has 1 aliphatic carbocycles. The van der Waals surface area contributed by atoms with E-state index in [-0.39, 0.29) is 18.1 Å². The van der Waals surface area contributed by atoms with Crippen LogP contribution in [0.5, 0.6) is 0 Å². The van der Waals surface area contributed by atoms with E-state index in [4.69, 9.17) is 0 Å². The van der Waals surface area contributed by atoms with Crippen molar-refractivity contribution in [2.75, 3.05) is 18.8 Å². The fourth-order valence-corrected chi connectivity index (χ4v) is 2.41. The molecule has 0 aromatic heterocycles. The maximum Gasteiger partial charge on any atom is 0.254 e. The minimum Gasteiger partial charge on any atom is -0.342 e. The van der Waals surface area contributed by atoms with E-state index in [2.05, 4.69) is 12.6 Å². The van der Waals surface area contributed by atoms with Gasteiger partial charge in [0.1, 0.15) is 0 Å². The summed E-state index contributed by atoms with van der Waals surface area (Å²) in [6, 6.07) is 0. The van der Waals surface area contributed by atoms with Gasteiger partial charge >= 0.3 is 0 Å². The summed E-state index contributed by atoms with van der Waals surface area (Å²) in [5.41, 5.74) is -0.764. The third-order valence-electron chi connectivity index (χ3n) is 3.42. The van der Waals surface area contributed by atoms with Crippen molar-refractivity contribution < 1.29 is 13.6 Å². The van der Waals surface area contributed by atoms with E-state index in [1.54, 1.807) is 4.90 Å². The molecule has 0 radical (unpaired) electrons. The second kappa shape index (κ2) is 3.08. The Bertz CT molecular complexity index is 262. The minimum absolute atomic E-state index is 0.0168. The maximum atomic E-state index is 13.0. The molecule has 0 bridgehead atoms. The van der Waals surface area contributed by atoms with Crippen molar-refractivity contribution in [2.45, 2.75) is 25.2 Å². The first-order valence-corrected chi connectivity index (χ1v) is 5.40. The number of hydrogen-bond acceptors (Lipinski definition) is 2. The second-order valence-electron chi connectivity index (χ2n) is 4.20. The number of amides is 1. The number of alkyl halides is 2. The highest BCUT2D eigenvalue weighted by atomic mass is 32.1. The molecule has 1 heterocycles. The zero-order valence-electron chi connectivity index (χ0n) is 7.80. The average molecular weight is 221 g/mol. The number of nitrogens with zero attached hydrogens (tertiary/aromatic N) is 1. The van der Waals surface area contributed by atoms with E-state index in [0.717, 1.165) is 0 Å². The summed E-state index contributed by atoms with van der Waals surface area (Å²) in [4.78, 5) is 12.9. The first-order chi connectivity index (χ1) is 6.51. The summed E-state index contributed by atoms with van der Waals surface area (Å²) in [5.74, 6) is -2.35. The van der Waals surface area contributed by atoms with Crippen LogP contribution in [-0.4, -0.2) is 35.6 Å². The standard InChI is InChI=1S/C9H13F2NOS/c10-9(11)6-8(9)1-3-12(4-2-8)7(13)5-14/h14H,1-6H2. The van der Waals surface area contributed by atoms with Crippen LogP contribution in [0.3, 0.4) is 0 Å². The van der Waals surface area contributed by atoms with Crippen LogP contribution in [0.25, 0.3) is 0 Å². The van der Waals surface area contributed by atoms with Crippen LogP contribution in [0.1, 0.15) is 19.3 Å². The molecule has 0 aromatic carbocycles. The molecule has 0 unspecified atom stereocenters. The molecule has 0 N–H and O–H groups in total. The molecule has 0 aromatic rings. The Hall–Kier alpha value is -0.320. The molecule has 14 heavy (non-hydrogen) atoms. The number of carbonyl (C=O) groups excluding carboxylic acids is 1. The SMILES string of the molecule is O=C(CS)N1CCC2(CC1)CC2(F)F. The Morgan fingerprint density at radius 3 is 2.21 bits per heavy atom. The molecule has 2 nitrogen and oxygen atoms in total. The van der Waals surface area contributed by atoms with Gasteiger partial charge in [-0.1, -0.05) is 0 Å². The lowest BCUT2D eigenvalue weighted by atomic mass is 9.93. The number of piperidine rings is 1. The maximum absolute atomic E-state index is 13.0. The van der Waals surface area contributed by atoms with Crippen molar-refractivity contribution in [2.24, 2.45) is 5.41 Å². The van der Waals surface area contributed by atoms with Gasteiger partial charge in [0, 0.05) is 24.9 Å². The molecule has 1 aliphatic heterocycles. The largest absolute Gasteiger partial charge is 0.342 e. The van der Waals surface area contributed by atoms with E-state index in [1.807, 2.05) is 0 Å². The molecule has 1 saturated heterocycles. The number of rotatable bonds is 1. The van der Waals surface area contributed by atoms with Gasteiger partial charge in [-0.05, 0) is 12.8 Å². The molecule has 2 fully saturated rings. The predicted octanol–water partition coefficient (Wildman–Crippen LogP) is 1.56. The van der Waals surface area contributed by atoms with Gasteiger partial charge in [-0.2, -0.15) is 12.6 Å². The van der Waals surface area contributed by atoms with Crippen molar-refractivity contribution in [1.82, 2.24) is 4.90 Å². The molecular weight excluding hydrogens is 208 g/mol. The van der Waals surface area contributed by atoms with E-state index < -0.39 is 11.3 Å². The lowest BCUT2D eigenvalue weighted by Crippen LogP contribution is -2.41. The van der Waals surface area contributed by atoms with Crippen molar-refractivity contribution in [3.63, 3.8) is 0 Å².